The zero-order valence-corrected chi connectivity index (χ0v) is 32.1. The first-order valence-corrected chi connectivity index (χ1v) is 20.2. The standard InChI is InChI=1S/C52H40N2S/c1-33-13-11-19-40-39(33)18-12-21-46(40)53(38-28-29-42-45(32-38)52(2,3)51-50(42)43-17-8-10-22-49(43)55-51)37-26-23-34(24-27-37)35-25-30-48-44(31-35)41-16-7-9-20-47(41)54(48)36-14-5-4-6-15-36/h4-12,14-33H,13H2,1-3H3. The molecular weight excluding hydrogens is 685 g/mol. The summed E-state index contributed by atoms with van der Waals surface area (Å²) in [6, 6.07) is 58.5. The van der Waals surface area contributed by atoms with Crippen LogP contribution in [-0.4, -0.2) is 4.57 Å². The van der Waals surface area contributed by atoms with E-state index in [1.807, 2.05) is 11.3 Å². The minimum Gasteiger partial charge on any atom is -0.310 e. The maximum atomic E-state index is 2.49. The zero-order chi connectivity index (χ0) is 36.8. The predicted octanol–water partition coefficient (Wildman–Crippen LogP) is 15.0. The van der Waals surface area contributed by atoms with E-state index in [0.717, 1.165) is 12.1 Å². The molecule has 0 fully saturated rings. The van der Waals surface area contributed by atoms with Crippen LogP contribution in [-0.2, 0) is 5.41 Å². The summed E-state index contributed by atoms with van der Waals surface area (Å²) in [7, 11) is 0. The number of rotatable bonds is 5. The molecule has 1 unspecified atom stereocenters. The largest absolute Gasteiger partial charge is 0.310 e. The highest BCUT2D eigenvalue weighted by Gasteiger charge is 2.39. The summed E-state index contributed by atoms with van der Waals surface area (Å²) in [5.41, 5.74) is 16.4. The first kappa shape index (κ1) is 32.3. The molecule has 1 atom stereocenters. The Morgan fingerprint density at radius 2 is 1.36 bits per heavy atom. The van der Waals surface area contributed by atoms with Gasteiger partial charge in [0.15, 0.2) is 0 Å². The SMILES string of the molecule is CC1CC=Cc2c1cccc2N(c1ccc(-c2ccc3c(c2)c2ccccc2n3-c2ccccc2)cc1)c1ccc2c(c1)C(C)(C)c1sc3ccccc3c1-2. The summed E-state index contributed by atoms with van der Waals surface area (Å²) in [5.74, 6) is 0.482. The number of hydrogen-bond acceptors (Lipinski definition) is 2. The van der Waals surface area contributed by atoms with Gasteiger partial charge in [-0.05, 0) is 107 Å². The predicted molar refractivity (Wildman–Crippen MR) is 236 cm³/mol. The van der Waals surface area contributed by atoms with E-state index in [1.165, 1.54) is 92.8 Å². The number of hydrogen-bond donors (Lipinski definition) is 0. The summed E-state index contributed by atoms with van der Waals surface area (Å²) in [4.78, 5) is 3.96. The van der Waals surface area contributed by atoms with Crippen molar-refractivity contribution in [3.05, 3.63) is 185 Å². The third-order valence-electron chi connectivity index (χ3n) is 12.2. The van der Waals surface area contributed by atoms with E-state index in [1.54, 1.807) is 0 Å². The molecule has 0 saturated carbocycles. The van der Waals surface area contributed by atoms with Crippen LogP contribution in [0.1, 0.15) is 54.7 Å². The minimum absolute atomic E-state index is 0.0906. The molecule has 3 heteroatoms. The Kier molecular flexibility index (Phi) is 7.15. The van der Waals surface area contributed by atoms with Crippen LogP contribution in [0.3, 0.4) is 0 Å². The molecule has 9 aromatic rings. The van der Waals surface area contributed by atoms with Gasteiger partial charge < -0.3 is 9.47 Å². The maximum Gasteiger partial charge on any atom is 0.0541 e. The summed E-state index contributed by atoms with van der Waals surface area (Å²) in [5, 5.41) is 3.90. The highest BCUT2D eigenvalue weighted by molar-refractivity contribution is 7.20. The van der Waals surface area contributed by atoms with Gasteiger partial charge in [-0.15, -0.1) is 11.3 Å². The second kappa shape index (κ2) is 12.2. The molecule has 0 aliphatic heterocycles. The normalized spacial score (nSPS) is 15.4. The van der Waals surface area contributed by atoms with E-state index in [-0.39, 0.29) is 5.41 Å². The fraction of sp³-hybridized carbons (Fsp3) is 0.115. The average Bonchev–Trinajstić information content (AvgIpc) is 3.85. The molecule has 2 aliphatic carbocycles. The molecule has 2 heterocycles. The van der Waals surface area contributed by atoms with E-state index >= 15 is 0 Å². The number of allylic oxidation sites excluding steroid dienone is 1. The van der Waals surface area contributed by atoms with Crippen LogP contribution in [0, 0.1) is 0 Å². The number of aromatic nitrogens is 1. The van der Waals surface area contributed by atoms with Crippen LogP contribution in [0.4, 0.5) is 17.1 Å². The molecule has 7 aromatic carbocycles. The lowest BCUT2D eigenvalue weighted by Gasteiger charge is -2.31. The Morgan fingerprint density at radius 1 is 0.636 bits per heavy atom. The van der Waals surface area contributed by atoms with E-state index in [4.69, 9.17) is 0 Å². The highest BCUT2D eigenvalue weighted by Crippen LogP contribution is 2.56. The molecule has 0 N–H and O–H groups in total. The first-order valence-electron chi connectivity index (χ1n) is 19.4. The molecule has 2 aliphatic rings. The van der Waals surface area contributed by atoms with Crippen molar-refractivity contribution in [3.8, 4) is 27.9 Å². The van der Waals surface area contributed by atoms with E-state index < -0.39 is 0 Å². The lowest BCUT2D eigenvalue weighted by molar-refractivity contribution is 0.674. The van der Waals surface area contributed by atoms with Gasteiger partial charge in [0, 0.05) is 59.3 Å². The van der Waals surface area contributed by atoms with Crippen molar-refractivity contribution < 1.29 is 0 Å². The molecular formula is C52H40N2S. The summed E-state index contributed by atoms with van der Waals surface area (Å²) in [6.07, 6.45) is 5.76. The van der Waals surface area contributed by atoms with Crippen molar-refractivity contribution in [1.29, 1.82) is 0 Å². The zero-order valence-electron chi connectivity index (χ0n) is 31.3. The third-order valence-corrected chi connectivity index (χ3v) is 13.7. The number of anilines is 3. The summed E-state index contributed by atoms with van der Waals surface area (Å²) >= 11 is 1.95. The molecule has 2 aromatic heterocycles. The number of thiophene rings is 1. The molecule has 55 heavy (non-hydrogen) atoms. The van der Waals surface area contributed by atoms with Gasteiger partial charge in [0.05, 0.1) is 16.7 Å². The number of para-hydroxylation sites is 2. The van der Waals surface area contributed by atoms with Crippen LogP contribution in [0.25, 0.3) is 65.9 Å². The van der Waals surface area contributed by atoms with Gasteiger partial charge in [-0.2, -0.15) is 0 Å². The number of nitrogens with zero attached hydrogens (tertiary/aromatic N) is 2. The highest BCUT2D eigenvalue weighted by atomic mass is 32.1. The average molecular weight is 725 g/mol. The Morgan fingerprint density at radius 3 is 2.22 bits per heavy atom. The Balaban J connectivity index is 1.05. The molecule has 2 nitrogen and oxygen atoms in total. The smallest absolute Gasteiger partial charge is 0.0541 e. The monoisotopic (exact) mass is 724 g/mol. The molecule has 0 saturated heterocycles. The molecule has 11 rings (SSSR count). The second-order valence-corrected chi connectivity index (χ2v) is 16.8. The quantitative estimate of drug-likeness (QED) is 0.172. The van der Waals surface area contributed by atoms with Crippen molar-refractivity contribution in [2.24, 2.45) is 0 Å². The van der Waals surface area contributed by atoms with E-state index in [0.29, 0.717) is 5.92 Å². The Hall–Kier alpha value is -6.16. The molecule has 0 bridgehead atoms. The lowest BCUT2D eigenvalue weighted by Crippen LogP contribution is -2.17. The van der Waals surface area contributed by atoms with Crippen LogP contribution in [0.5, 0.6) is 0 Å². The number of fused-ring (bicyclic) bond motifs is 9. The topological polar surface area (TPSA) is 8.17 Å². The van der Waals surface area contributed by atoms with Crippen molar-refractivity contribution >= 4 is 66.4 Å². The number of benzene rings is 7. The molecule has 0 spiro atoms. The van der Waals surface area contributed by atoms with Crippen molar-refractivity contribution in [2.75, 3.05) is 4.90 Å². The van der Waals surface area contributed by atoms with Gasteiger partial charge in [0.25, 0.3) is 0 Å². The van der Waals surface area contributed by atoms with Gasteiger partial charge in [0.2, 0.25) is 0 Å². The van der Waals surface area contributed by atoms with Gasteiger partial charge in [-0.3, -0.25) is 0 Å². The first-order chi connectivity index (χ1) is 27.0. The van der Waals surface area contributed by atoms with Gasteiger partial charge >= 0.3 is 0 Å². The summed E-state index contributed by atoms with van der Waals surface area (Å²) < 4.78 is 3.75. The van der Waals surface area contributed by atoms with E-state index in [9.17, 15) is 0 Å². The van der Waals surface area contributed by atoms with Gasteiger partial charge in [-0.1, -0.05) is 124 Å². The van der Waals surface area contributed by atoms with Crippen LogP contribution < -0.4 is 4.90 Å². The fourth-order valence-electron chi connectivity index (χ4n) is 9.41. The molecule has 264 valence electrons. The Bertz CT molecular complexity index is 3000. The molecule has 0 amide bonds. The second-order valence-electron chi connectivity index (χ2n) is 15.8. The van der Waals surface area contributed by atoms with Crippen molar-refractivity contribution in [1.82, 2.24) is 4.57 Å². The van der Waals surface area contributed by atoms with Crippen molar-refractivity contribution in [2.45, 2.75) is 38.5 Å². The Labute approximate surface area is 326 Å². The van der Waals surface area contributed by atoms with Crippen LogP contribution in [0.15, 0.2) is 164 Å². The van der Waals surface area contributed by atoms with Crippen LogP contribution >= 0.6 is 11.3 Å². The van der Waals surface area contributed by atoms with Gasteiger partial charge in [-0.25, -0.2) is 0 Å². The lowest BCUT2D eigenvalue weighted by atomic mass is 9.86. The fourth-order valence-corrected chi connectivity index (χ4v) is 10.7. The van der Waals surface area contributed by atoms with Crippen LogP contribution in [0.2, 0.25) is 0 Å². The minimum atomic E-state index is -0.0906. The summed E-state index contributed by atoms with van der Waals surface area (Å²) in [6.45, 7) is 7.15. The third kappa shape index (κ3) is 4.86. The van der Waals surface area contributed by atoms with E-state index in [2.05, 4.69) is 200 Å². The maximum absolute atomic E-state index is 2.49. The molecule has 0 radical (unpaired) electrons. The van der Waals surface area contributed by atoms with Crippen molar-refractivity contribution in [3.63, 3.8) is 0 Å². The van der Waals surface area contributed by atoms with Gasteiger partial charge in [0.1, 0.15) is 0 Å².